The molecular formula is C16H21N3O2. The zero-order valence-corrected chi connectivity index (χ0v) is 12.8. The van der Waals surface area contributed by atoms with Crippen molar-refractivity contribution in [2.45, 2.75) is 39.7 Å². The number of benzene rings is 1. The Hall–Kier alpha value is -2.14. The minimum atomic E-state index is -0.264. The van der Waals surface area contributed by atoms with Crippen molar-refractivity contribution in [1.29, 1.82) is 0 Å². The van der Waals surface area contributed by atoms with E-state index in [2.05, 4.69) is 36.3 Å². The fourth-order valence-electron chi connectivity index (χ4n) is 1.91. The van der Waals surface area contributed by atoms with Crippen LogP contribution in [0.3, 0.4) is 0 Å². The fraction of sp³-hybridized carbons (Fsp3) is 0.375. The van der Waals surface area contributed by atoms with Crippen LogP contribution in [0.15, 0.2) is 24.3 Å². The van der Waals surface area contributed by atoms with Gasteiger partial charge in [-0.15, -0.1) is 0 Å². The second kappa shape index (κ2) is 5.69. The maximum Gasteiger partial charge on any atom is 0.276 e. The van der Waals surface area contributed by atoms with Gasteiger partial charge in [0, 0.05) is 16.8 Å². The molecule has 5 nitrogen and oxygen atoms in total. The van der Waals surface area contributed by atoms with E-state index in [0.29, 0.717) is 11.4 Å². The number of H-pyrrole nitrogens is 1. The van der Waals surface area contributed by atoms with Crippen molar-refractivity contribution in [2.24, 2.45) is 0 Å². The molecule has 0 spiro atoms. The highest BCUT2D eigenvalue weighted by Gasteiger charge is 2.19. The fourth-order valence-corrected chi connectivity index (χ4v) is 1.91. The summed E-state index contributed by atoms with van der Waals surface area (Å²) in [6.45, 7) is 8.01. The first-order valence-corrected chi connectivity index (χ1v) is 6.89. The first-order valence-electron chi connectivity index (χ1n) is 6.89. The zero-order chi connectivity index (χ0) is 15.6. The molecule has 0 fully saturated rings. The summed E-state index contributed by atoms with van der Waals surface area (Å²) in [5.41, 5.74) is 3.56. The van der Waals surface area contributed by atoms with E-state index >= 15 is 0 Å². The number of carbonyl (C=O) groups excluding carboxylic acids is 1. The predicted molar refractivity (Wildman–Crippen MR) is 82.3 cm³/mol. The molecule has 0 aliphatic rings. The summed E-state index contributed by atoms with van der Waals surface area (Å²) in [5.74, 6) is -0.264. The molecule has 1 amide bonds. The van der Waals surface area contributed by atoms with Gasteiger partial charge in [-0.3, -0.25) is 9.89 Å². The third-order valence-electron chi connectivity index (χ3n) is 3.35. The number of aryl methyl sites for hydroxylation is 1. The van der Waals surface area contributed by atoms with Crippen LogP contribution in [0.1, 0.15) is 48.1 Å². The second-order valence-corrected chi connectivity index (χ2v) is 6.18. The van der Waals surface area contributed by atoms with Crippen LogP contribution in [-0.4, -0.2) is 21.2 Å². The predicted octanol–water partition coefficient (Wildman–Crippen LogP) is 2.76. The minimum Gasteiger partial charge on any atom is -0.392 e. The van der Waals surface area contributed by atoms with E-state index in [1.54, 1.807) is 12.1 Å². The molecule has 1 aromatic carbocycles. The first-order chi connectivity index (χ1) is 9.81. The molecule has 3 N–H and O–H groups in total. The van der Waals surface area contributed by atoms with Crippen molar-refractivity contribution in [2.75, 3.05) is 5.32 Å². The van der Waals surface area contributed by atoms with Gasteiger partial charge in [0.15, 0.2) is 5.69 Å². The van der Waals surface area contributed by atoms with Gasteiger partial charge in [-0.1, -0.05) is 32.9 Å². The van der Waals surface area contributed by atoms with Crippen LogP contribution < -0.4 is 5.32 Å². The van der Waals surface area contributed by atoms with Gasteiger partial charge in [-0.2, -0.15) is 5.10 Å². The molecule has 0 aliphatic heterocycles. The molecule has 2 rings (SSSR count). The Kier molecular flexibility index (Phi) is 4.14. The molecule has 2 aromatic rings. The highest BCUT2D eigenvalue weighted by molar-refractivity contribution is 6.03. The van der Waals surface area contributed by atoms with E-state index in [0.717, 1.165) is 16.8 Å². The Morgan fingerprint density at radius 3 is 2.62 bits per heavy atom. The number of aliphatic hydroxyl groups is 1. The van der Waals surface area contributed by atoms with Crippen LogP contribution in [0, 0.1) is 6.92 Å². The average Bonchev–Trinajstić information content (AvgIpc) is 2.91. The van der Waals surface area contributed by atoms with Crippen LogP contribution in [-0.2, 0) is 12.0 Å². The molecule has 0 unspecified atom stereocenters. The lowest BCUT2D eigenvalue weighted by molar-refractivity contribution is 0.102. The number of rotatable bonds is 3. The van der Waals surface area contributed by atoms with Gasteiger partial charge in [-0.25, -0.2) is 0 Å². The first kappa shape index (κ1) is 15.3. The summed E-state index contributed by atoms with van der Waals surface area (Å²) in [7, 11) is 0. The van der Waals surface area contributed by atoms with Crippen LogP contribution in [0.4, 0.5) is 5.69 Å². The molecular weight excluding hydrogens is 266 g/mol. The number of nitrogens with zero attached hydrogens (tertiary/aromatic N) is 1. The van der Waals surface area contributed by atoms with Crippen LogP contribution in [0.2, 0.25) is 0 Å². The summed E-state index contributed by atoms with van der Waals surface area (Å²) < 4.78 is 0. The highest BCUT2D eigenvalue weighted by Crippen LogP contribution is 2.21. The van der Waals surface area contributed by atoms with E-state index in [1.165, 1.54) is 0 Å². The van der Waals surface area contributed by atoms with Crippen LogP contribution in [0.5, 0.6) is 0 Å². The second-order valence-electron chi connectivity index (χ2n) is 6.18. The summed E-state index contributed by atoms with van der Waals surface area (Å²) >= 11 is 0. The lowest BCUT2D eigenvalue weighted by atomic mass is 9.92. The third kappa shape index (κ3) is 3.49. The van der Waals surface area contributed by atoms with E-state index in [-0.39, 0.29) is 17.9 Å². The number of aliphatic hydroxyl groups excluding tert-OH is 1. The van der Waals surface area contributed by atoms with E-state index in [4.69, 9.17) is 5.11 Å². The average molecular weight is 287 g/mol. The van der Waals surface area contributed by atoms with Gasteiger partial charge in [0.2, 0.25) is 0 Å². The van der Waals surface area contributed by atoms with Gasteiger partial charge in [0.05, 0.1) is 6.61 Å². The number of hydrogen-bond acceptors (Lipinski definition) is 3. The number of aromatic nitrogens is 2. The number of nitrogens with one attached hydrogen (secondary N) is 2. The van der Waals surface area contributed by atoms with Crippen molar-refractivity contribution in [3.05, 3.63) is 46.8 Å². The topological polar surface area (TPSA) is 78.0 Å². The Labute approximate surface area is 124 Å². The van der Waals surface area contributed by atoms with Crippen LogP contribution in [0.25, 0.3) is 0 Å². The zero-order valence-electron chi connectivity index (χ0n) is 12.8. The molecule has 1 heterocycles. The maximum atomic E-state index is 12.3. The third-order valence-corrected chi connectivity index (χ3v) is 3.35. The molecule has 5 heteroatoms. The summed E-state index contributed by atoms with van der Waals surface area (Å²) in [6, 6.07) is 7.23. The summed E-state index contributed by atoms with van der Waals surface area (Å²) in [4.78, 5) is 12.3. The standard InChI is InChI=1S/C16H21N3O2/c1-10-5-6-11(9-20)7-12(10)17-15(21)13-8-14(19-18-13)16(2,3)4/h5-8,20H,9H2,1-4H3,(H,17,21)(H,18,19). The molecule has 0 saturated heterocycles. The Bertz CT molecular complexity index is 654. The number of carbonyl (C=O) groups is 1. The molecule has 0 aliphatic carbocycles. The number of anilines is 1. The van der Waals surface area contributed by atoms with Crippen LogP contribution >= 0.6 is 0 Å². The molecule has 0 radical (unpaired) electrons. The summed E-state index contributed by atoms with van der Waals surface area (Å²) in [6.07, 6.45) is 0. The van der Waals surface area contributed by atoms with Gasteiger partial charge in [-0.05, 0) is 30.2 Å². The van der Waals surface area contributed by atoms with Gasteiger partial charge in [0.1, 0.15) is 0 Å². The maximum absolute atomic E-state index is 12.3. The lowest BCUT2D eigenvalue weighted by Crippen LogP contribution is -2.14. The SMILES string of the molecule is Cc1ccc(CO)cc1NC(=O)c1cc(C(C)(C)C)[nH]n1. The molecule has 0 saturated carbocycles. The molecule has 21 heavy (non-hydrogen) atoms. The van der Waals surface area contributed by atoms with Gasteiger partial charge >= 0.3 is 0 Å². The van der Waals surface area contributed by atoms with Crippen molar-refractivity contribution in [1.82, 2.24) is 10.2 Å². The molecule has 0 atom stereocenters. The highest BCUT2D eigenvalue weighted by atomic mass is 16.3. The number of amides is 1. The normalized spacial score (nSPS) is 11.5. The Morgan fingerprint density at radius 1 is 1.33 bits per heavy atom. The largest absolute Gasteiger partial charge is 0.392 e. The monoisotopic (exact) mass is 287 g/mol. The van der Waals surface area contributed by atoms with E-state index in [9.17, 15) is 4.79 Å². The Balaban J connectivity index is 2.20. The van der Waals surface area contributed by atoms with E-state index in [1.807, 2.05) is 19.1 Å². The van der Waals surface area contributed by atoms with Gasteiger partial charge in [0.25, 0.3) is 5.91 Å². The van der Waals surface area contributed by atoms with Crippen molar-refractivity contribution in [3.8, 4) is 0 Å². The molecule has 112 valence electrons. The quantitative estimate of drug-likeness (QED) is 0.812. The Morgan fingerprint density at radius 2 is 2.05 bits per heavy atom. The lowest BCUT2D eigenvalue weighted by Gasteiger charge is -2.14. The van der Waals surface area contributed by atoms with E-state index < -0.39 is 0 Å². The number of aromatic amines is 1. The van der Waals surface area contributed by atoms with Crippen molar-refractivity contribution < 1.29 is 9.90 Å². The van der Waals surface area contributed by atoms with Crippen molar-refractivity contribution in [3.63, 3.8) is 0 Å². The van der Waals surface area contributed by atoms with Gasteiger partial charge < -0.3 is 10.4 Å². The number of hydrogen-bond donors (Lipinski definition) is 3. The molecule has 0 bridgehead atoms. The smallest absolute Gasteiger partial charge is 0.276 e. The summed E-state index contributed by atoms with van der Waals surface area (Å²) in [5, 5.41) is 19.0. The van der Waals surface area contributed by atoms with Crippen molar-refractivity contribution >= 4 is 11.6 Å². The molecule has 1 aromatic heterocycles. The minimum absolute atomic E-state index is 0.0558.